The largest absolute Gasteiger partial charge is 0.324 e. The van der Waals surface area contributed by atoms with E-state index < -0.39 is 0 Å². The predicted molar refractivity (Wildman–Crippen MR) is 90.0 cm³/mol. The lowest BCUT2D eigenvalue weighted by Gasteiger charge is -2.28. The van der Waals surface area contributed by atoms with Crippen LogP contribution in [0.2, 0.25) is 0 Å². The number of fused-ring (bicyclic) bond motifs is 1. The Kier molecular flexibility index (Phi) is 4.42. The highest BCUT2D eigenvalue weighted by atomic mass is 16.2. The smallest absolute Gasteiger partial charge is 0.320 e. The molecular formula is C19H22N2O. The summed E-state index contributed by atoms with van der Waals surface area (Å²) in [5.41, 5.74) is 3.52. The zero-order valence-corrected chi connectivity index (χ0v) is 13.0. The van der Waals surface area contributed by atoms with E-state index >= 15 is 0 Å². The lowest BCUT2D eigenvalue weighted by atomic mass is 10.2. The van der Waals surface area contributed by atoms with Crippen LogP contribution < -0.4 is 4.90 Å². The first-order chi connectivity index (χ1) is 10.8. The fourth-order valence-electron chi connectivity index (χ4n) is 3.02. The molecule has 0 aliphatic carbocycles. The molecule has 0 fully saturated rings. The number of hydrogen-bond acceptors (Lipinski definition) is 1. The summed E-state index contributed by atoms with van der Waals surface area (Å²) in [5, 5.41) is 0. The van der Waals surface area contributed by atoms with Crippen LogP contribution in [0.5, 0.6) is 0 Å². The standard InChI is InChI=1S/C19H22N2O/c1-2-13-20(15-16-8-4-3-5-9-16)19(22)21-14-12-17-10-6-7-11-18(17)21/h3-11H,2,12-15H2,1H3. The van der Waals surface area contributed by atoms with Gasteiger partial charge in [-0.2, -0.15) is 0 Å². The van der Waals surface area contributed by atoms with Crippen LogP contribution in [-0.4, -0.2) is 24.0 Å². The van der Waals surface area contributed by atoms with Gasteiger partial charge in [0.25, 0.3) is 0 Å². The van der Waals surface area contributed by atoms with E-state index in [4.69, 9.17) is 0 Å². The van der Waals surface area contributed by atoms with Crippen molar-refractivity contribution in [2.24, 2.45) is 0 Å². The molecule has 1 aliphatic rings. The quantitative estimate of drug-likeness (QED) is 0.833. The monoisotopic (exact) mass is 294 g/mol. The van der Waals surface area contributed by atoms with Gasteiger partial charge in [0, 0.05) is 25.3 Å². The Hall–Kier alpha value is -2.29. The molecule has 3 heteroatoms. The van der Waals surface area contributed by atoms with Crippen LogP contribution in [0.1, 0.15) is 24.5 Å². The number of benzene rings is 2. The number of hydrogen-bond donors (Lipinski definition) is 0. The second-order valence-electron chi connectivity index (χ2n) is 5.72. The van der Waals surface area contributed by atoms with Gasteiger partial charge in [-0.15, -0.1) is 0 Å². The first-order valence-electron chi connectivity index (χ1n) is 7.98. The summed E-state index contributed by atoms with van der Waals surface area (Å²) in [6, 6.07) is 18.5. The third-order valence-corrected chi connectivity index (χ3v) is 4.10. The Bertz CT molecular complexity index is 639. The van der Waals surface area contributed by atoms with E-state index in [0.29, 0.717) is 6.54 Å². The predicted octanol–water partition coefficient (Wildman–Crippen LogP) is 4.08. The molecule has 2 aromatic carbocycles. The van der Waals surface area contributed by atoms with Gasteiger partial charge in [0.1, 0.15) is 0 Å². The van der Waals surface area contributed by atoms with Crippen molar-refractivity contribution in [1.29, 1.82) is 0 Å². The number of carbonyl (C=O) groups excluding carboxylic acids is 1. The van der Waals surface area contributed by atoms with Crippen molar-refractivity contribution in [2.45, 2.75) is 26.3 Å². The van der Waals surface area contributed by atoms with Crippen molar-refractivity contribution in [3.05, 3.63) is 65.7 Å². The summed E-state index contributed by atoms with van der Waals surface area (Å²) in [4.78, 5) is 16.8. The van der Waals surface area contributed by atoms with Crippen molar-refractivity contribution in [1.82, 2.24) is 4.90 Å². The van der Waals surface area contributed by atoms with Crippen molar-refractivity contribution in [3.8, 4) is 0 Å². The molecule has 2 amide bonds. The number of urea groups is 1. The number of rotatable bonds is 4. The summed E-state index contributed by atoms with van der Waals surface area (Å²) in [6.07, 6.45) is 1.92. The van der Waals surface area contributed by atoms with Gasteiger partial charge in [-0.3, -0.25) is 4.90 Å². The topological polar surface area (TPSA) is 23.6 Å². The van der Waals surface area contributed by atoms with Crippen LogP contribution in [0, 0.1) is 0 Å². The number of para-hydroxylation sites is 1. The molecule has 0 saturated carbocycles. The SMILES string of the molecule is CCCN(Cc1ccccc1)C(=O)N1CCc2ccccc21. The summed E-state index contributed by atoms with van der Waals surface area (Å²) >= 11 is 0. The fraction of sp³-hybridized carbons (Fsp3) is 0.316. The Morgan fingerprint density at radius 2 is 1.82 bits per heavy atom. The van der Waals surface area contributed by atoms with Crippen molar-refractivity contribution in [3.63, 3.8) is 0 Å². The number of amides is 2. The Labute approximate surface area is 132 Å². The summed E-state index contributed by atoms with van der Waals surface area (Å²) in [7, 11) is 0. The maximum absolute atomic E-state index is 13.0. The summed E-state index contributed by atoms with van der Waals surface area (Å²) in [6.45, 7) is 4.36. The van der Waals surface area contributed by atoms with E-state index in [9.17, 15) is 4.79 Å². The highest BCUT2D eigenvalue weighted by molar-refractivity contribution is 5.94. The number of carbonyl (C=O) groups is 1. The highest BCUT2D eigenvalue weighted by Gasteiger charge is 2.27. The molecule has 0 aromatic heterocycles. The van der Waals surface area contributed by atoms with Crippen molar-refractivity contribution in [2.75, 3.05) is 18.0 Å². The third kappa shape index (κ3) is 2.98. The van der Waals surface area contributed by atoms with E-state index in [0.717, 1.165) is 31.6 Å². The molecule has 0 unspecified atom stereocenters. The zero-order valence-electron chi connectivity index (χ0n) is 13.0. The minimum Gasteiger partial charge on any atom is -0.320 e. The first-order valence-corrected chi connectivity index (χ1v) is 7.98. The van der Waals surface area contributed by atoms with E-state index in [1.807, 2.05) is 46.2 Å². The molecule has 0 spiro atoms. The van der Waals surface area contributed by atoms with Gasteiger partial charge in [-0.1, -0.05) is 55.5 Å². The molecule has 1 heterocycles. The van der Waals surface area contributed by atoms with Crippen LogP contribution in [0.25, 0.3) is 0 Å². The Morgan fingerprint density at radius 3 is 2.59 bits per heavy atom. The Balaban J connectivity index is 1.79. The second-order valence-corrected chi connectivity index (χ2v) is 5.72. The molecule has 0 radical (unpaired) electrons. The molecule has 0 atom stereocenters. The van der Waals surface area contributed by atoms with Gasteiger partial charge in [0.15, 0.2) is 0 Å². The van der Waals surface area contributed by atoms with E-state index in [1.165, 1.54) is 11.1 Å². The van der Waals surface area contributed by atoms with Gasteiger partial charge < -0.3 is 4.90 Å². The maximum Gasteiger partial charge on any atom is 0.324 e. The van der Waals surface area contributed by atoms with Crippen LogP contribution >= 0.6 is 0 Å². The molecular weight excluding hydrogens is 272 g/mol. The Morgan fingerprint density at radius 1 is 1.09 bits per heavy atom. The van der Waals surface area contributed by atoms with Gasteiger partial charge >= 0.3 is 6.03 Å². The van der Waals surface area contributed by atoms with E-state index in [2.05, 4.69) is 25.1 Å². The van der Waals surface area contributed by atoms with Gasteiger partial charge in [0.05, 0.1) is 0 Å². The molecule has 3 rings (SSSR count). The summed E-state index contributed by atoms with van der Waals surface area (Å²) < 4.78 is 0. The molecule has 1 aliphatic heterocycles. The fourth-order valence-corrected chi connectivity index (χ4v) is 3.02. The van der Waals surface area contributed by atoms with Crippen LogP contribution in [-0.2, 0) is 13.0 Å². The molecule has 0 N–H and O–H groups in total. The normalized spacial score (nSPS) is 13.0. The average molecular weight is 294 g/mol. The minimum absolute atomic E-state index is 0.121. The number of anilines is 1. The van der Waals surface area contributed by atoms with Crippen molar-refractivity contribution >= 4 is 11.7 Å². The van der Waals surface area contributed by atoms with Crippen LogP contribution in [0.4, 0.5) is 10.5 Å². The lowest BCUT2D eigenvalue weighted by molar-refractivity contribution is 0.202. The number of nitrogens with zero attached hydrogens (tertiary/aromatic N) is 2. The molecule has 0 saturated heterocycles. The van der Waals surface area contributed by atoms with E-state index in [-0.39, 0.29) is 6.03 Å². The van der Waals surface area contributed by atoms with Gasteiger partial charge in [-0.05, 0) is 30.0 Å². The second kappa shape index (κ2) is 6.65. The lowest BCUT2D eigenvalue weighted by Crippen LogP contribution is -2.42. The third-order valence-electron chi connectivity index (χ3n) is 4.10. The van der Waals surface area contributed by atoms with Crippen molar-refractivity contribution < 1.29 is 4.79 Å². The highest BCUT2D eigenvalue weighted by Crippen LogP contribution is 2.28. The molecule has 2 aromatic rings. The minimum atomic E-state index is 0.121. The van der Waals surface area contributed by atoms with E-state index in [1.54, 1.807) is 0 Å². The molecule has 22 heavy (non-hydrogen) atoms. The molecule has 3 nitrogen and oxygen atoms in total. The first kappa shape index (κ1) is 14.6. The zero-order chi connectivity index (χ0) is 15.4. The van der Waals surface area contributed by atoms with Crippen LogP contribution in [0.3, 0.4) is 0 Å². The summed E-state index contributed by atoms with van der Waals surface area (Å²) in [5.74, 6) is 0. The average Bonchev–Trinajstić information content (AvgIpc) is 2.99. The van der Waals surface area contributed by atoms with Gasteiger partial charge in [0.2, 0.25) is 0 Å². The van der Waals surface area contributed by atoms with Crippen LogP contribution in [0.15, 0.2) is 54.6 Å². The molecule has 114 valence electrons. The van der Waals surface area contributed by atoms with Gasteiger partial charge in [-0.25, -0.2) is 4.79 Å². The maximum atomic E-state index is 13.0. The molecule has 0 bridgehead atoms.